The van der Waals surface area contributed by atoms with Crippen molar-refractivity contribution in [2.45, 2.75) is 19.9 Å². The van der Waals surface area contributed by atoms with Gasteiger partial charge in [0.1, 0.15) is 0 Å². The Bertz CT molecular complexity index is 185. The molecule has 0 rings (SSSR count). The van der Waals surface area contributed by atoms with Crippen LogP contribution in [0.1, 0.15) is 13.8 Å². The maximum Gasteiger partial charge on any atom is 0.156 e. The molecule has 2 N–H and O–H groups in total. The van der Waals surface area contributed by atoms with Gasteiger partial charge in [0.2, 0.25) is 0 Å². The van der Waals surface area contributed by atoms with Gasteiger partial charge in [0.15, 0.2) is 6.29 Å². The van der Waals surface area contributed by atoms with Crippen LogP contribution in [0.2, 0.25) is 0 Å². The van der Waals surface area contributed by atoms with Crippen molar-refractivity contribution in [3.8, 4) is 0 Å². The van der Waals surface area contributed by atoms with Gasteiger partial charge in [-0.15, -0.1) is 0 Å². The molecule has 0 aliphatic rings. The fourth-order valence-corrected chi connectivity index (χ4v) is 1.05. The number of thioether (sulfide) groups is 1. The van der Waals surface area contributed by atoms with Crippen LogP contribution in [0.15, 0.2) is 22.5 Å². The van der Waals surface area contributed by atoms with Gasteiger partial charge in [-0.05, 0) is 18.8 Å². The molecular weight excluding hydrogens is 158 g/mol. The Morgan fingerprint density at radius 3 is 2.55 bits per heavy atom. The normalized spacial score (nSPS) is 14.3. The van der Waals surface area contributed by atoms with Crippen LogP contribution in [-0.2, 0) is 4.79 Å². The quantitative estimate of drug-likeness (QED) is 0.517. The summed E-state index contributed by atoms with van der Waals surface area (Å²) in [5, 5.41) is 0. The zero-order valence-electron chi connectivity index (χ0n) is 6.83. The van der Waals surface area contributed by atoms with Gasteiger partial charge in [-0.25, -0.2) is 0 Å². The predicted molar refractivity (Wildman–Crippen MR) is 50.2 cm³/mol. The maximum absolute atomic E-state index is 10.3. The number of aldehydes is 1. The first-order valence-corrected chi connectivity index (χ1v) is 4.17. The molecule has 62 valence electrons. The van der Waals surface area contributed by atoms with Crippen LogP contribution in [0.4, 0.5) is 0 Å². The first kappa shape index (κ1) is 10.5. The Labute approximate surface area is 71.5 Å². The second-order valence-corrected chi connectivity index (χ2v) is 3.37. The summed E-state index contributed by atoms with van der Waals surface area (Å²) in [5.41, 5.74) is 5.53. The molecule has 0 aromatic carbocycles. The van der Waals surface area contributed by atoms with Crippen molar-refractivity contribution in [2.75, 3.05) is 0 Å². The number of rotatable bonds is 4. The lowest BCUT2D eigenvalue weighted by Gasteiger charge is -2.07. The summed E-state index contributed by atoms with van der Waals surface area (Å²) in [5.74, 6) is 0. The number of allylic oxidation sites excluding steroid dienone is 2. The van der Waals surface area contributed by atoms with Crippen molar-refractivity contribution < 1.29 is 4.79 Å². The van der Waals surface area contributed by atoms with Crippen molar-refractivity contribution in [2.24, 2.45) is 5.73 Å². The van der Waals surface area contributed by atoms with E-state index in [0.717, 1.165) is 11.2 Å². The Kier molecular flexibility index (Phi) is 4.90. The molecule has 0 fully saturated rings. The van der Waals surface area contributed by atoms with Crippen LogP contribution in [0.3, 0.4) is 0 Å². The molecule has 1 atom stereocenters. The molecule has 0 radical (unpaired) electrons. The van der Waals surface area contributed by atoms with E-state index >= 15 is 0 Å². The van der Waals surface area contributed by atoms with Crippen LogP contribution in [0, 0.1) is 0 Å². The van der Waals surface area contributed by atoms with Crippen LogP contribution in [-0.4, -0.2) is 12.3 Å². The molecule has 0 heterocycles. The minimum absolute atomic E-state index is 0.0742. The van der Waals surface area contributed by atoms with Gasteiger partial charge in [-0.1, -0.05) is 24.4 Å². The van der Waals surface area contributed by atoms with Crippen molar-refractivity contribution in [3.63, 3.8) is 0 Å². The topological polar surface area (TPSA) is 43.1 Å². The predicted octanol–water partition coefficient (Wildman–Crippen LogP) is 1.68. The standard InChI is InChI=1S/C8H13NOS/c1-4-8(5-10)11-7(3)6(2)9/h4-6H,3,9H2,1-2H3/b8-4-. The number of carbonyl (C=O) groups excluding carboxylic acids is 1. The summed E-state index contributed by atoms with van der Waals surface area (Å²) in [6, 6.07) is -0.0742. The minimum atomic E-state index is -0.0742. The molecule has 0 saturated heterocycles. The molecule has 0 aromatic rings. The average Bonchev–Trinajstić information content (AvgIpc) is 1.99. The van der Waals surface area contributed by atoms with Gasteiger partial charge in [0, 0.05) is 10.9 Å². The number of hydrogen-bond donors (Lipinski definition) is 1. The van der Waals surface area contributed by atoms with E-state index in [1.165, 1.54) is 11.8 Å². The van der Waals surface area contributed by atoms with E-state index in [4.69, 9.17) is 5.73 Å². The van der Waals surface area contributed by atoms with Crippen LogP contribution in [0.25, 0.3) is 0 Å². The smallest absolute Gasteiger partial charge is 0.156 e. The number of hydrogen-bond acceptors (Lipinski definition) is 3. The first-order valence-electron chi connectivity index (χ1n) is 3.35. The van der Waals surface area contributed by atoms with Crippen molar-refractivity contribution >= 4 is 18.0 Å². The highest BCUT2D eigenvalue weighted by molar-refractivity contribution is 8.07. The Morgan fingerprint density at radius 1 is 1.73 bits per heavy atom. The lowest BCUT2D eigenvalue weighted by atomic mass is 10.4. The lowest BCUT2D eigenvalue weighted by molar-refractivity contribution is -0.104. The van der Waals surface area contributed by atoms with Crippen molar-refractivity contribution in [1.29, 1.82) is 0 Å². The molecule has 0 aromatic heterocycles. The molecule has 0 bridgehead atoms. The molecule has 3 heteroatoms. The third-order valence-corrected chi connectivity index (χ3v) is 2.36. The van der Waals surface area contributed by atoms with Gasteiger partial charge < -0.3 is 5.73 Å². The Morgan fingerprint density at radius 2 is 2.27 bits per heavy atom. The van der Waals surface area contributed by atoms with Crippen LogP contribution >= 0.6 is 11.8 Å². The van der Waals surface area contributed by atoms with E-state index in [9.17, 15) is 4.79 Å². The van der Waals surface area contributed by atoms with E-state index in [1.807, 2.05) is 13.8 Å². The van der Waals surface area contributed by atoms with Crippen LogP contribution < -0.4 is 5.73 Å². The molecule has 0 amide bonds. The minimum Gasteiger partial charge on any atom is -0.324 e. The summed E-state index contributed by atoms with van der Waals surface area (Å²) < 4.78 is 0. The second-order valence-electron chi connectivity index (χ2n) is 2.17. The summed E-state index contributed by atoms with van der Waals surface area (Å²) in [6.07, 6.45) is 2.55. The Balaban J connectivity index is 4.03. The molecule has 1 unspecified atom stereocenters. The van der Waals surface area contributed by atoms with Crippen molar-refractivity contribution in [1.82, 2.24) is 0 Å². The summed E-state index contributed by atoms with van der Waals surface area (Å²) in [6.45, 7) is 7.38. The van der Waals surface area contributed by atoms with Gasteiger partial charge >= 0.3 is 0 Å². The summed E-state index contributed by atoms with van der Waals surface area (Å²) in [7, 11) is 0. The molecule has 11 heavy (non-hydrogen) atoms. The molecular formula is C8H13NOS. The van der Waals surface area contributed by atoms with E-state index in [2.05, 4.69) is 6.58 Å². The highest BCUT2D eigenvalue weighted by Crippen LogP contribution is 2.23. The van der Waals surface area contributed by atoms with E-state index in [0.29, 0.717) is 4.91 Å². The maximum atomic E-state index is 10.3. The zero-order valence-corrected chi connectivity index (χ0v) is 7.65. The summed E-state index contributed by atoms with van der Waals surface area (Å²) in [4.78, 5) is 11.8. The third-order valence-electron chi connectivity index (χ3n) is 1.16. The zero-order chi connectivity index (χ0) is 8.85. The first-order chi connectivity index (χ1) is 5.11. The van der Waals surface area contributed by atoms with E-state index in [1.54, 1.807) is 6.08 Å². The van der Waals surface area contributed by atoms with E-state index < -0.39 is 0 Å². The molecule has 0 aliphatic carbocycles. The SMILES string of the molecule is C=C(S/C(C=O)=C\C)C(C)N. The van der Waals surface area contributed by atoms with E-state index in [-0.39, 0.29) is 6.04 Å². The van der Waals surface area contributed by atoms with Gasteiger partial charge in [0.05, 0.1) is 0 Å². The monoisotopic (exact) mass is 171 g/mol. The molecule has 0 aliphatic heterocycles. The van der Waals surface area contributed by atoms with Crippen molar-refractivity contribution in [3.05, 3.63) is 22.5 Å². The average molecular weight is 171 g/mol. The largest absolute Gasteiger partial charge is 0.324 e. The molecule has 2 nitrogen and oxygen atoms in total. The third kappa shape index (κ3) is 4.01. The van der Waals surface area contributed by atoms with Crippen LogP contribution in [0.5, 0.6) is 0 Å². The lowest BCUT2D eigenvalue weighted by Crippen LogP contribution is -2.15. The Hall–Kier alpha value is -0.540. The summed E-state index contributed by atoms with van der Waals surface area (Å²) >= 11 is 1.33. The van der Waals surface area contributed by atoms with Gasteiger partial charge in [0.25, 0.3) is 0 Å². The molecule has 0 saturated carbocycles. The number of nitrogens with two attached hydrogens (primary N) is 1. The number of carbonyl (C=O) groups is 1. The highest BCUT2D eigenvalue weighted by Gasteiger charge is 2.03. The molecule has 0 spiro atoms. The van der Waals surface area contributed by atoms with Gasteiger partial charge in [-0.3, -0.25) is 4.79 Å². The highest BCUT2D eigenvalue weighted by atomic mass is 32.2. The second kappa shape index (κ2) is 5.16. The fraction of sp³-hybridized carbons (Fsp3) is 0.375. The fourth-order valence-electron chi connectivity index (χ4n) is 0.395. The van der Waals surface area contributed by atoms with Gasteiger partial charge in [-0.2, -0.15) is 0 Å².